The van der Waals surface area contributed by atoms with Gasteiger partial charge in [0.15, 0.2) is 0 Å². The number of carboxylic acids is 1. The van der Waals surface area contributed by atoms with Crippen molar-refractivity contribution in [3.63, 3.8) is 0 Å². The molecule has 3 nitrogen and oxygen atoms in total. The first-order valence-corrected chi connectivity index (χ1v) is 6.57. The lowest BCUT2D eigenvalue weighted by Gasteiger charge is -2.10. The molecule has 0 fully saturated rings. The first-order chi connectivity index (χ1) is 9.77. The lowest BCUT2D eigenvalue weighted by Crippen LogP contribution is -2.04. The van der Waals surface area contributed by atoms with Gasteiger partial charge in [0.25, 0.3) is 0 Å². The van der Waals surface area contributed by atoms with E-state index in [-0.39, 0.29) is 11.3 Å². The van der Waals surface area contributed by atoms with E-state index in [1.807, 2.05) is 0 Å². The summed E-state index contributed by atoms with van der Waals surface area (Å²) in [6, 6.07) is 8.97. The average molecular weight is 313 g/mol. The Balaban J connectivity index is 2.37. The van der Waals surface area contributed by atoms with E-state index in [0.29, 0.717) is 9.79 Å². The zero-order valence-electron chi connectivity index (χ0n) is 10.5. The van der Waals surface area contributed by atoms with Gasteiger partial charge in [0, 0.05) is 15.5 Å². The number of carboxylic acid groups (broad SMARTS) is 1. The number of benzene rings is 2. The fourth-order valence-corrected chi connectivity index (χ4v) is 2.65. The standard InChI is InChI=1S/C14H10F3NO2S/c15-14(16,17)8-2-1-3-10(6-8)21-12-5-4-9(18)7-11(12)13(19)20/h1-7H,18H2,(H,19,20). The largest absolute Gasteiger partial charge is 0.478 e. The van der Waals surface area contributed by atoms with Crippen LogP contribution in [0, 0.1) is 0 Å². The Hall–Kier alpha value is -2.15. The fraction of sp³-hybridized carbons (Fsp3) is 0.0714. The highest BCUT2D eigenvalue weighted by Gasteiger charge is 2.30. The topological polar surface area (TPSA) is 63.3 Å². The number of rotatable bonds is 3. The highest BCUT2D eigenvalue weighted by atomic mass is 32.2. The van der Waals surface area contributed by atoms with Gasteiger partial charge in [0.1, 0.15) is 0 Å². The predicted molar refractivity (Wildman–Crippen MR) is 73.4 cm³/mol. The molecule has 0 aliphatic carbocycles. The molecule has 0 aliphatic rings. The second kappa shape index (κ2) is 5.69. The van der Waals surface area contributed by atoms with Crippen molar-refractivity contribution in [3.8, 4) is 0 Å². The zero-order chi connectivity index (χ0) is 15.6. The van der Waals surface area contributed by atoms with Crippen LogP contribution >= 0.6 is 11.8 Å². The number of aromatic carboxylic acids is 1. The Morgan fingerprint density at radius 3 is 2.48 bits per heavy atom. The Labute approximate surface area is 122 Å². The SMILES string of the molecule is Nc1ccc(Sc2cccc(C(F)(F)F)c2)c(C(=O)O)c1. The van der Waals surface area contributed by atoms with Crippen LogP contribution in [-0.2, 0) is 6.18 Å². The van der Waals surface area contributed by atoms with Gasteiger partial charge in [0.2, 0.25) is 0 Å². The summed E-state index contributed by atoms with van der Waals surface area (Å²) >= 11 is 0.945. The fourth-order valence-electron chi connectivity index (χ4n) is 1.67. The third-order valence-corrected chi connectivity index (χ3v) is 3.69. The van der Waals surface area contributed by atoms with E-state index in [2.05, 4.69) is 0 Å². The van der Waals surface area contributed by atoms with Gasteiger partial charge in [-0.05, 0) is 36.4 Å². The van der Waals surface area contributed by atoms with E-state index < -0.39 is 17.7 Å². The van der Waals surface area contributed by atoms with Gasteiger partial charge in [0.05, 0.1) is 11.1 Å². The number of carbonyl (C=O) groups is 1. The minimum absolute atomic E-state index is 0.0441. The van der Waals surface area contributed by atoms with Crippen molar-refractivity contribution >= 4 is 23.4 Å². The highest BCUT2D eigenvalue weighted by Crippen LogP contribution is 2.36. The second-order valence-electron chi connectivity index (χ2n) is 4.19. The summed E-state index contributed by atoms with van der Waals surface area (Å²) in [7, 11) is 0. The summed E-state index contributed by atoms with van der Waals surface area (Å²) in [5.41, 5.74) is 4.98. The molecular weight excluding hydrogens is 303 g/mol. The maximum Gasteiger partial charge on any atom is 0.416 e. The number of halogens is 3. The molecule has 0 saturated heterocycles. The van der Waals surface area contributed by atoms with Gasteiger partial charge < -0.3 is 10.8 Å². The Bertz CT molecular complexity index is 686. The molecule has 0 aromatic heterocycles. The normalized spacial score (nSPS) is 11.4. The zero-order valence-corrected chi connectivity index (χ0v) is 11.3. The molecule has 21 heavy (non-hydrogen) atoms. The Morgan fingerprint density at radius 2 is 1.86 bits per heavy atom. The van der Waals surface area contributed by atoms with Gasteiger partial charge in [-0.3, -0.25) is 0 Å². The van der Waals surface area contributed by atoms with E-state index in [4.69, 9.17) is 10.8 Å². The maximum absolute atomic E-state index is 12.6. The molecule has 0 heterocycles. The molecule has 2 aromatic carbocycles. The van der Waals surface area contributed by atoms with E-state index in [1.54, 1.807) is 0 Å². The molecule has 2 aromatic rings. The van der Waals surface area contributed by atoms with Crippen molar-refractivity contribution < 1.29 is 23.1 Å². The van der Waals surface area contributed by atoms with Gasteiger partial charge in [-0.15, -0.1) is 0 Å². The van der Waals surface area contributed by atoms with Gasteiger partial charge >= 0.3 is 12.1 Å². The molecule has 2 rings (SSSR count). The molecule has 3 N–H and O–H groups in total. The summed E-state index contributed by atoms with van der Waals surface area (Å²) in [5, 5.41) is 9.10. The number of alkyl halides is 3. The van der Waals surface area contributed by atoms with Crippen LogP contribution in [0.15, 0.2) is 52.3 Å². The van der Waals surface area contributed by atoms with Crippen molar-refractivity contribution in [3.05, 3.63) is 53.6 Å². The molecular formula is C14H10F3NO2S. The number of hydrogen-bond acceptors (Lipinski definition) is 3. The van der Waals surface area contributed by atoms with Crippen LogP contribution in [0.25, 0.3) is 0 Å². The van der Waals surface area contributed by atoms with Crippen LogP contribution < -0.4 is 5.73 Å². The van der Waals surface area contributed by atoms with Crippen LogP contribution in [0.3, 0.4) is 0 Å². The van der Waals surface area contributed by atoms with Crippen molar-refractivity contribution in [1.29, 1.82) is 0 Å². The van der Waals surface area contributed by atoms with Crippen molar-refractivity contribution in [2.24, 2.45) is 0 Å². The van der Waals surface area contributed by atoms with E-state index in [0.717, 1.165) is 23.9 Å². The molecule has 0 unspecified atom stereocenters. The molecule has 0 atom stereocenters. The summed E-state index contributed by atoms with van der Waals surface area (Å²) < 4.78 is 37.9. The second-order valence-corrected chi connectivity index (χ2v) is 5.30. The summed E-state index contributed by atoms with van der Waals surface area (Å²) in [4.78, 5) is 11.8. The first-order valence-electron chi connectivity index (χ1n) is 5.75. The van der Waals surface area contributed by atoms with Crippen LogP contribution in [-0.4, -0.2) is 11.1 Å². The molecule has 110 valence electrons. The summed E-state index contributed by atoms with van der Waals surface area (Å²) in [5.74, 6) is -1.18. The average Bonchev–Trinajstić information content (AvgIpc) is 2.40. The quantitative estimate of drug-likeness (QED) is 0.836. The molecule has 0 saturated carbocycles. The van der Waals surface area contributed by atoms with Gasteiger partial charge in [-0.1, -0.05) is 17.8 Å². The van der Waals surface area contributed by atoms with Crippen molar-refractivity contribution in [2.45, 2.75) is 16.0 Å². The minimum atomic E-state index is -4.44. The van der Waals surface area contributed by atoms with E-state index >= 15 is 0 Å². The smallest absolute Gasteiger partial charge is 0.416 e. The third-order valence-electron chi connectivity index (χ3n) is 2.62. The molecule has 0 amide bonds. The first kappa shape index (κ1) is 15.2. The van der Waals surface area contributed by atoms with Crippen molar-refractivity contribution in [2.75, 3.05) is 5.73 Å². The van der Waals surface area contributed by atoms with Crippen LogP contribution in [0.1, 0.15) is 15.9 Å². The number of anilines is 1. The molecule has 0 radical (unpaired) electrons. The summed E-state index contributed by atoms with van der Waals surface area (Å²) in [6.45, 7) is 0. The monoisotopic (exact) mass is 313 g/mol. The Kier molecular flexibility index (Phi) is 4.13. The number of nitrogens with two attached hydrogens (primary N) is 1. The highest BCUT2D eigenvalue weighted by molar-refractivity contribution is 7.99. The molecule has 0 aliphatic heterocycles. The molecule has 0 bridgehead atoms. The van der Waals surface area contributed by atoms with E-state index in [1.165, 1.54) is 30.3 Å². The molecule has 7 heteroatoms. The Morgan fingerprint density at radius 1 is 1.14 bits per heavy atom. The minimum Gasteiger partial charge on any atom is -0.478 e. The van der Waals surface area contributed by atoms with Crippen LogP contribution in [0.5, 0.6) is 0 Å². The van der Waals surface area contributed by atoms with Crippen LogP contribution in [0.2, 0.25) is 0 Å². The third kappa shape index (κ3) is 3.69. The van der Waals surface area contributed by atoms with E-state index in [9.17, 15) is 18.0 Å². The number of hydrogen-bond donors (Lipinski definition) is 2. The lowest BCUT2D eigenvalue weighted by atomic mass is 10.2. The van der Waals surface area contributed by atoms with Crippen molar-refractivity contribution in [1.82, 2.24) is 0 Å². The molecule has 0 spiro atoms. The van der Waals surface area contributed by atoms with Gasteiger partial charge in [-0.25, -0.2) is 4.79 Å². The summed E-state index contributed by atoms with van der Waals surface area (Å²) in [6.07, 6.45) is -4.44. The van der Waals surface area contributed by atoms with Gasteiger partial charge in [-0.2, -0.15) is 13.2 Å². The maximum atomic E-state index is 12.6. The number of nitrogen functional groups attached to an aromatic ring is 1. The predicted octanol–water partition coefficient (Wildman–Crippen LogP) is 4.14. The lowest BCUT2D eigenvalue weighted by molar-refractivity contribution is -0.137. The van der Waals surface area contributed by atoms with Crippen LogP contribution in [0.4, 0.5) is 18.9 Å².